The number of ketones is 1. The molecule has 0 radical (unpaired) electrons. The number of hydrogen-bond acceptors (Lipinski definition) is 5. The Morgan fingerprint density at radius 1 is 1.12 bits per heavy atom. The van der Waals surface area contributed by atoms with Crippen LogP contribution in [0.2, 0.25) is 0 Å². The molecule has 0 unspecified atom stereocenters. The summed E-state index contributed by atoms with van der Waals surface area (Å²) in [4.78, 5) is 37.1. The van der Waals surface area contributed by atoms with Crippen LogP contribution < -0.4 is 15.4 Å². The Labute approximate surface area is 145 Å². The monoisotopic (exact) mass is 358 g/mol. The highest BCUT2D eigenvalue weighted by molar-refractivity contribution is 7.87. The molecule has 1 aliphatic heterocycles. The molecular formula is C17H14N2O5S. The minimum atomic E-state index is -1.95. The minimum absolute atomic E-state index is 0.283. The van der Waals surface area contributed by atoms with Gasteiger partial charge in [-0.05, 0) is 24.3 Å². The lowest BCUT2D eigenvalue weighted by atomic mass is 10.2. The van der Waals surface area contributed by atoms with Gasteiger partial charge < -0.3 is 15.4 Å². The molecule has 0 saturated heterocycles. The molecule has 0 spiro atoms. The smallest absolute Gasteiger partial charge is 0.293 e. The first kappa shape index (κ1) is 16.8. The molecule has 3 rings (SSSR count). The van der Waals surface area contributed by atoms with Gasteiger partial charge in [0.15, 0.2) is 5.25 Å². The van der Waals surface area contributed by atoms with E-state index in [4.69, 9.17) is 4.74 Å². The first-order valence-corrected chi connectivity index (χ1v) is 8.53. The lowest BCUT2D eigenvalue weighted by molar-refractivity contribution is -0.136. The second-order valence-electron chi connectivity index (χ2n) is 5.18. The van der Waals surface area contributed by atoms with Crippen molar-refractivity contribution in [3.63, 3.8) is 0 Å². The van der Waals surface area contributed by atoms with E-state index in [1.807, 2.05) is 0 Å². The van der Waals surface area contributed by atoms with Gasteiger partial charge in [0.25, 0.3) is 5.91 Å². The highest BCUT2D eigenvalue weighted by atomic mass is 32.2. The first-order chi connectivity index (χ1) is 12.0. The van der Waals surface area contributed by atoms with Crippen LogP contribution in [0.4, 0.5) is 11.4 Å². The topological polar surface area (TPSA) is 102 Å². The number of para-hydroxylation sites is 3. The number of rotatable bonds is 4. The van der Waals surface area contributed by atoms with Crippen LogP contribution in [-0.4, -0.2) is 34.2 Å². The number of nitrogens with one attached hydrogen (secondary N) is 2. The molecule has 2 amide bonds. The normalized spacial score (nSPS) is 18.7. The van der Waals surface area contributed by atoms with E-state index in [1.165, 1.54) is 7.11 Å². The molecule has 0 aliphatic carbocycles. The average Bonchev–Trinajstić information content (AvgIpc) is 2.62. The largest absolute Gasteiger partial charge is 0.495 e. The predicted octanol–water partition coefficient (Wildman–Crippen LogP) is 1.33. The summed E-state index contributed by atoms with van der Waals surface area (Å²) in [6, 6.07) is 13.0. The predicted molar refractivity (Wildman–Crippen MR) is 91.9 cm³/mol. The van der Waals surface area contributed by atoms with Crippen LogP contribution in [-0.2, 0) is 25.2 Å². The zero-order valence-corrected chi connectivity index (χ0v) is 14.0. The fourth-order valence-corrected chi connectivity index (χ4v) is 3.79. The highest BCUT2D eigenvalue weighted by Crippen LogP contribution is 2.28. The van der Waals surface area contributed by atoms with Crippen LogP contribution in [0.3, 0.4) is 0 Å². The van der Waals surface area contributed by atoms with E-state index in [0.717, 1.165) is 0 Å². The standard InChI is InChI=1S/C17H14N2O5S/c1-24-12-8-4-2-6-10(12)18-16(21)14(20)15-17(22)19-11-7-3-5-9-13(11)25(15)23/h2-9,15H,1H3,(H,18,21)(H,19,22)/t15-,25-/m1/s1. The number of carbonyl (C=O) groups is 3. The fourth-order valence-electron chi connectivity index (χ4n) is 2.43. The zero-order valence-electron chi connectivity index (χ0n) is 13.1. The fraction of sp³-hybridized carbons (Fsp3) is 0.118. The van der Waals surface area contributed by atoms with Gasteiger partial charge in [-0.2, -0.15) is 0 Å². The highest BCUT2D eigenvalue weighted by Gasteiger charge is 2.41. The van der Waals surface area contributed by atoms with Crippen LogP contribution in [0.5, 0.6) is 5.75 Å². The third-order valence-electron chi connectivity index (χ3n) is 3.63. The molecule has 0 saturated carbocycles. The SMILES string of the molecule is COc1ccccc1NC(=O)C(=O)[C@@H]1C(=O)Nc2ccccc2[S@]1=O. The number of benzene rings is 2. The molecule has 25 heavy (non-hydrogen) atoms. The molecule has 1 aliphatic rings. The van der Waals surface area contributed by atoms with Gasteiger partial charge in [-0.3, -0.25) is 18.6 Å². The molecule has 2 N–H and O–H groups in total. The average molecular weight is 358 g/mol. The Morgan fingerprint density at radius 2 is 1.80 bits per heavy atom. The molecule has 128 valence electrons. The van der Waals surface area contributed by atoms with Crippen molar-refractivity contribution in [2.24, 2.45) is 0 Å². The summed E-state index contributed by atoms with van der Waals surface area (Å²) in [5, 5.41) is 3.31. The Bertz CT molecular complexity index is 896. The van der Waals surface area contributed by atoms with Gasteiger partial charge in [0.1, 0.15) is 5.75 Å². The zero-order chi connectivity index (χ0) is 18.0. The van der Waals surface area contributed by atoms with Crippen molar-refractivity contribution in [1.29, 1.82) is 0 Å². The van der Waals surface area contributed by atoms with Gasteiger partial charge >= 0.3 is 0 Å². The van der Waals surface area contributed by atoms with Crippen LogP contribution in [0.25, 0.3) is 0 Å². The third kappa shape index (κ3) is 3.16. The number of carbonyl (C=O) groups excluding carboxylic acids is 3. The third-order valence-corrected chi connectivity index (χ3v) is 5.28. The van der Waals surface area contributed by atoms with Crippen molar-refractivity contribution < 1.29 is 23.3 Å². The lowest BCUT2D eigenvalue weighted by Gasteiger charge is -2.22. The maximum atomic E-state index is 12.6. The molecular weight excluding hydrogens is 344 g/mol. The second-order valence-corrected chi connectivity index (χ2v) is 6.69. The minimum Gasteiger partial charge on any atom is -0.495 e. The summed E-state index contributed by atoms with van der Waals surface area (Å²) >= 11 is 0. The van der Waals surface area contributed by atoms with Crippen LogP contribution in [0, 0.1) is 0 Å². The van der Waals surface area contributed by atoms with Crippen molar-refractivity contribution in [3.8, 4) is 5.75 Å². The van der Waals surface area contributed by atoms with E-state index in [1.54, 1.807) is 48.5 Å². The van der Waals surface area contributed by atoms with Crippen molar-refractivity contribution in [2.75, 3.05) is 17.7 Å². The van der Waals surface area contributed by atoms with Crippen LogP contribution in [0.15, 0.2) is 53.4 Å². The van der Waals surface area contributed by atoms with Gasteiger partial charge in [-0.15, -0.1) is 0 Å². The Hall–Kier alpha value is -3.00. The van der Waals surface area contributed by atoms with Gasteiger partial charge in [0, 0.05) is 0 Å². The number of fused-ring (bicyclic) bond motifs is 1. The van der Waals surface area contributed by atoms with Crippen molar-refractivity contribution >= 4 is 39.8 Å². The molecule has 8 heteroatoms. The van der Waals surface area contributed by atoms with E-state index in [0.29, 0.717) is 16.3 Å². The van der Waals surface area contributed by atoms with E-state index < -0.39 is 33.6 Å². The molecule has 7 nitrogen and oxygen atoms in total. The maximum Gasteiger partial charge on any atom is 0.293 e. The molecule has 0 fully saturated rings. The Balaban J connectivity index is 1.84. The number of hydrogen-bond donors (Lipinski definition) is 2. The maximum absolute atomic E-state index is 12.6. The quantitative estimate of drug-likeness (QED) is 0.634. The van der Waals surface area contributed by atoms with Gasteiger partial charge in [-0.1, -0.05) is 24.3 Å². The summed E-state index contributed by atoms with van der Waals surface area (Å²) < 4.78 is 17.7. The van der Waals surface area contributed by atoms with E-state index in [-0.39, 0.29) is 5.69 Å². The van der Waals surface area contributed by atoms with Crippen molar-refractivity contribution in [3.05, 3.63) is 48.5 Å². The van der Waals surface area contributed by atoms with Crippen molar-refractivity contribution in [2.45, 2.75) is 10.1 Å². The summed E-state index contributed by atoms with van der Waals surface area (Å²) in [5.74, 6) is -2.51. The second kappa shape index (κ2) is 6.86. The summed E-state index contributed by atoms with van der Waals surface area (Å²) in [7, 11) is -0.528. The van der Waals surface area contributed by atoms with E-state index in [2.05, 4.69) is 10.6 Å². The number of amides is 2. The number of anilines is 2. The van der Waals surface area contributed by atoms with Crippen LogP contribution in [0.1, 0.15) is 0 Å². The summed E-state index contributed by atoms with van der Waals surface area (Å²) in [6.07, 6.45) is 0. The Kier molecular flexibility index (Phi) is 4.62. The number of Topliss-reactive ketones (excluding diaryl/α,β-unsaturated/α-hetero) is 1. The van der Waals surface area contributed by atoms with E-state index >= 15 is 0 Å². The lowest BCUT2D eigenvalue weighted by Crippen LogP contribution is -2.46. The molecule has 2 aromatic carbocycles. The van der Waals surface area contributed by atoms with Crippen LogP contribution >= 0.6 is 0 Å². The van der Waals surface area contributed by atoms with E-state index in [9.17, 15) is 18.6 Å². The Morgan fingerprint density at radius 3 is 2.56 bits per heavy atom. The number of ether oxygens (including phenoxy) is 1. The van der Waals surface area contributed by atoms with Crippen molar-refractivity contribution in [1.82, 2.24) is 0 Å². The van der Waals surface area contributed by atoms with Gasteiger partial charge in [0.05, 0.1) is 34.2 Å². The van der Waals surface area contributed by atoms with Gasteiger partial charge in [0.2, 0.25) is 11.7 Å². The molecule has 2 atom stereocenters. The molecule has 2 aromatic rings. The summed E-state index contributed by atoms with van der Waals surface area (Å²) in [6.45, 7) is 0. The molecule has 0 aromatic heterocycles. The van der Waals surface area contributed by atoms with Gasteiger partial charge in [-0.25, -0.2) is 0 Å². The summed E-state index contributed by atoms with van der Waals surface area (Å²) in [5.41, 5.74) is 0.658. The number of methoxy groups -OCH3 is 1. The molecule has 0 bridgehead atoms. The first-order valence-electron chi connectivity index (χ1n) is 7.31. The molecule has 1 heterocycles.